The minimum atomic E-state index is -3.96. The van der Waals surface area contributed by atoms with Gasteiger partial charge in [-0.15, -0.1) is 0 Å². The Kier molecular flexibility index (Phi) is 7.03. The molecule has 0 fully saturated rings. The molecular formula is C22H18ClN7O5S. The first-order valence-electron chi connectivity index (χ1n) is 10.3. The molecule has 1 aromatic heterocycles. The van der Waals surface area contributed by atoms with Gasteiger partial charge in [0.2, 0.25) is 5.95 Å². The third kappa shape index (κ3) is 5.37. The lowest BCUT2D eigenvalue weighted by molar-refractivity contribution is -0.127. The van der Waals surface area contributed by atoms with Gasteiger partial charge >= 0.3 is 0 Å². The topological polar surface area (TPSA) is 156 Å². The highest BCUT2D eigenvalue weighted by atomic mass is 35.5. The fourth-order valence-corrected chi connectivity index (χ4v) is 4.10. The van der Waals surface area contributed by atoms with Gasteiger partial charge in [0.1, 0.15) is 0 Å². The van der Waals surface area contributed by atoms with Crippen LogP contribution in [0.15, 0.2) is 81.2 Å². The van der Waals surface area contributed by atoms with E-state index in [2.05, 4.69) is 30.0 Å². The number of carbonyl (C=O) groups is 2. The maximum atomic E-state index is 12.7. The van der Waals surface area contributed by atoms with Crippen LogP contribution >= 0.6 is 11.6 Å². The Bertz CT molecular complexity index is 1460. The summed E-state index contributed by atoms with van der Waals surface area (Å²) in [5.41, 5.74) is 0.819. The zero-order valence-electron chi connectivity index (χ0n) is 18.9. The zero-order chi connectivity index (χ0) is 25.9. The molecule has 0 saturated carbocycles. The Labute approximate surface area is 210 Å². The molecule has 2 amide bonds. The highest BCUT2D eigenvalue weighted by Gasteiger charge is 2.38. The van der Waals surface area contributed by atoms with Crippen LogP contribution in [0.1, 0.15) is 17.3 Å². The summed E-state index contributed by atoms with van der Waals surface area (Å²) in [4.78, 5) is 33.0. The van der Waals surface area contributed by atoms with E-state index in [9.17, 15) is 18.0 Å². The number of nitrogens with zero attached hydrogens (tertiary/aromatic N) is 6. The monoisotopic (exact) mass is 527 g/mol. The molecule has 0 radical (unpaired) electrons. The molecule has 36 heavy (non-hydrogen) atoms. The van der Waals surface area contributed by atoms with E-state index in [1.165, 1.54) is 68.0 Å². The van der Waals surface area contributed by atoms with Gasteiger partial charge in [-0.25, -0.2) is 23.1 Å². The van der Waals surface area contributed by atoms with Crippen molar-refractivity contribution >= 4 is 50.8 Å². The number of methoxy groups -OCH3 is 1. The van der Waals surface area contributed by atoms with E-state index in [1.807, 2.05) is 0 Å². The molecule has 0 spiro atoms. The summed E-state index contributed by atoms with van der Waals surface area (Å²) in [6, 6.07) is 10.4. The predicted octanol–water partition coefficient (Wildman–Crippen LogP) is 3.45. The fraction of sp³-hybridized carbons (Fsp3) is 0.136. The highest BCUT2D eigenvalue weighted by Crippen LogP contribution is 2.22. The number of sulfonamides is 1. The molecule has 1 aliphatic rings. The summed E-state index contributed by atoms with van der Waals surface area (Å²) in [7, 11) is -2.52. The quantitative estimate of drug-likeness (QED) is 0.364. The summed E-state index contributed by atoms with van der Waals surface area (Å²) in [6.45, 7) is 1.55. The molecule has 3 aromatic rings. The van der Waals surface area contributed by atoms with Gasteiger partial charge in [0.15, 0.2) is 11.8 Å². The number of aromatic nitrogens is 2. The van der Waals surface area contributed by atoms with Crippen LogP contribution < -0.4 is 9.46 Å². The molecule has 0 saturated heterocycles. The Morgan fingerprint density at radius 1 is 1.08 bits per heavy atom. The second-order valence-electron chi connectivity index (χ2n) is 7.37. The van der Waals surface area contributed by atoms with Gasteiger partial charge in [-0.05, 0) is 55.5 Å². The van der Waals surface area contributed by atoms with E-state index in [1.54, 1.807) is 6.92 Å². The van der Waals surface area contributed by atoms with Gasteiger partial charge in [0.25, 0.3) is 21.8 Å². The number of benzene rings is 2. The number of hydrazone groups is 1. The van der Waals surface area contributed by atoms with E-state index in [-0.39, 0.29) is 27.8 Å². The second-order valence-corrected chi connectivity index (χ2v) is 9.49. The Hall–Kier alpha value is -4.23. The van der Waals surface area contributed by atoms with Crippen LogP contribution in [0.25, 0.3) is 0 Å². The standard InChI is InChI=1S/C22H18ClN7O5S/c1-13-19(21(32)30(28-13)20(31)14-3-5-15(23)6-4-14)27-26-16-7-9-18(10-8-16)36(33,34)29-22-24-11-17(35-2)12-25-22/h3-12,19H,1-2H3,(H,24,25,29)/b27-26+. The molecule has 1 unspecified atom stereocenters. The molecule has 4 rings (SSSR count). The molecule has 0 aliphatic carbocycles. The molecule has 1 N–H and O–H groups in total. The maximum Gasteiger partial charge on any atom is 0.282 e. The van der Waals surface area contributed by atoms with Crippen molar-refractivity contribution in [1.29, 1.82) is 0 Å². The van der Waals surface area contributed by atoms with Crippen LogP contribution in [0.4, 0.5) is 11.6 Å². The number of nitrogens with one attached hydrogen (secondary N) is 1. The van der Waals surface area contributed by atoms with Gasteiger partial charge < -0.3 is 4.74 Å². The average Bonchev–Trinajstić information content (AvgIpc) is 3.16. The number of imide groups is 1. The van der Waals surface area contributed by atoms with Gasteiger partial charge in [-0.1, -0.05) is 11.6 Å². The minimum absolute atomic E-state index is 0.0599. The molecule has 2 heterocycles. The van der Waals surface area contributed by atoms with Gasteiger partial charge in [0, 0.05) is 10.6 Å². The number of hydrogen-bond donors (Lipinski definition) is 1. The number of ether oxygens (including phenoxy) is 1. The van der Waals surface area contributed by atoms with Crippen molar-refractivity contribution in [3.8, 4) is 5.75 Å². The Morgan fingerprint density at radius 3 is 2.33 bits per heavy atom. The van der Waals surface area contributed by atoms with Crippen LogP contribution in [-0.4, -0.2) is 54.1 Å². The van der Waals surface area contributed by atoms with Crippen LogP contribution in [0.2, 0.25) is 5.02 Å². The lowest BCUT2D eigenvalue weighted by Gasteiger charge is -2.10. The van der Waals surface area contributed by atoms with Crippen LogP contribution in [0, 0.1) is 0 Å². The van der Waals surface area contributed by atoms with Gasteiger partial charge in [-0.3, -0.25) is 9.59 Å². The smallest absolute Gasteiger partial charge is 0.282 e. The van der Waals surface area contributed by atoms with Crippen LogP contribution in [-0.2, 0) is 14.8 Å². The van der Waals surface area contributed by atoms with E-state index in [0.717, 1.165) is 5.01 Å². The van der Waals surface area contributed by atoms with E-state index >= 15 is 0 Å². The Morgan fingerprint density at radius 2 is 1.72 bits per heavy atom. The van der Waals surface area contributed by atoms with Crippen molar-refractivity contribution in [2.24, 2.45) is 15.3 Å². The molecule has 1 atom stereocenters. The first-order chi connectivity index (χ1) is 17.2. The van der Waals surface area contributed by atoms with Crippen molar-refractivity contribution in [1.82, 2.24) is 15.0 Å². The van der Waals surface area contributed by atoms with Crippen LogP contribution in [0.5, 0.6) is 5.75 Å². The number of hydrogen-bond acceptors (Lipinski definition) is 10. The largest absolute Gasteiger partial charge is 0.494 e. The second kappa shape index (κ2) is 10.2. The Balaban J connectivity index is 1.43. The molecule has 2 aromatic carbocycles. The minimum Gasteiger partial charge on any atom is -0.494 e. The lowest BCUT2D eigenvalue weighted by atomic mass is 10.2. The molecule has 184 valence electrons. The normalized spacial score (nSPS) is 15.8. The predicted molar refractivity (Wildman–Crippen MR) is 130 cm³/mol. The lowest BCUT2D eigenvalue weighted by Crippen LogP contribution is -2.34. The number of halogens is 1. The van der Waals surface area contributed by atoms with Gasteiger partial charge in [-0.2, -0.15) is 20.3 Å². The van der Waals surface area contributed by atoms with Crippen molar-refractivity contribution in [2.45, 2.75) is 17.9 Å². The van der Waals surface area contributed by atoms with Crippen molar-refractivity contribution in [3.63, 3.8) is 0 Å². The third-order valence-electron chi connectivity index (χ3n) is 4.90. The molecule has 0 bridgehead atoms. The number of anilines is 1. The van der Waals surface area contributed by atoms with Gasteiger partial charge in [0.05, 0.1) is 35.8 Å². The number of amides is 2. The summed E-state index contributed by atoms with van der Waals surface area (Å²) in [6.07, 6.45) is 2.65. The number of azo groups is 1. The average molecular weight is 528 g/mol. The van der Waals surface area contributed by atoms with Crippen molar-refractivity contribution < 1.29 is 22.7 Å². The van der Waals surface area contributed by atoms with Crippen molar-refractivity contribution in [3.05, 3.63) is 71.5 Å². The summed E-state index contributed by atoms with van der Waals surface area (Å²) in [5, 5.41) is 13.2. The van der Waals surface area contributed by atoms with E-state index in [0.29, 0.717) is 10.8 Å². The number of carbonyl (C=O) groups excluding carboxylic acids is 2. The first-order valence-corrected chi connectivity index (χ1v) is 12.1. The molecule has 1 aliphatic heterocycles. The van der Waals surface area contributed by atoms with E-state index < -0.39 is 27.9 Å². The third-order valence-corrected chi connectivity index (χ3v) is 6.50. The molecule has 14 heteroatoms. The summed E-state index contributed by atoms with van der Waals surface area (Å²) in [5.74, 6) is -1.01. The highest BCUT2D eigenvalue weighted by molar-refractivity contribution is 7.92. The SMILES string of the molecule is COc1cnc(NS(=O)(=O)c2ccc(/N=N/C3C(=O)N(C(=O)c4ccc(Cl)cc4)N=C3C)cc2)nc1. The number of rotatable bonds is 7. The van der Waals surface area contributed by atoms with E-state index in [4.69, 9.17) is 16.3 Å². The van der Waals surface area contributed by atoms with Crippen LogP contribution in [0.3, 0.4) is 0 Å². The van der Waals surface area contributed by atoms with Crippen molar-refractivity contribution in [2.75, 3.05) is 11.8 Å². The summed E-state index contributed by atoms with van der Waals surface area (Å²) >= 11 is 5.84. The maximum absolute atomic E-state index is 12.7. The summed E-state index contributed by atoms with van der Waals surface area (Å²) < 4.78 is 32.3. The first kappa shape index (κ1) is 24.9. The zero-order valence-corrected chi connectivity index (χ0v) is 20.4. The fourth-order valence-electron chi connectivity index (χ4n) is 3.02. The molecule has 12 nitrogen and oxygen atoms in total. The molecular weight excluding hydrogens is 510 g/mol.